The molecule has 2 aromatic carbocycles. The van der Waals surface area contributed by atoms with Crippen LogP contribution in [0, 0.1) is 12.7 Å². The normalized spacial score (nSPS) is 11.0. The van der Waals surface area contributed by atoms with Crippen molar-refractivity contribution in [2.75, 3.05) is 0 Å². The first-order chi connectivity index (χ1) is 13.2. The molecule has 2 heterocycles. The first kappa shape index (κ1) is 17.5. The summed E-state index contributed by atoms with van der Waals surface area (Å²) < 4.78 is 21.5. The summed E-state index contributed by atoms with van der Waals surface area (Å²) in [6, 6.07) is 18.5. The summed E-state index contributed by atoms with van der Waals surface area (Å²) in [5.41, 5.74) is 2.36. The van der Waals surface area contributed by atoms with Gasteiger partial charge < -0.3 is 4.52 Å². The van der Waals surface area contributed by atoms with Crippen molar-refractivity contribution in [2.45, 2.75) is 24.4 Å². The van der Waals surface area contributed by atoms with Gasteiger partial charge in [-0.3, -0.25) is 4.57 Å². The molecule has 0 fully saturated rings. The molecule has 7 heteroatoms. The van der Waals surface area contributed by atoms with Crippen molar-refractivity contribution < 1.29 is 8.91 Å². The van der Waals surface area contributed by atoms with Crippen LogP contribution < -0.4 is 0 Å². The van der Waals surface area contributed by atoms with Crippen molar-refractivity contribution >= 4 is 11.8 Å². The van der Waals surface area contributed by atoms with Gasteiger partial charge in [0.2, 0.25) is 0 Å². The van der Waals surface area contributed by atoms with Crippen LogP contribution in [0.2, 0.25) is 0 Å². The molecule has 0 aliphatic heterocycles. The number of hydrogen-bond donors (Lipinski definition) is 0. The third-order valence-electron chi connectivity index (χ3n) is 4.04. The Morgan fingerprint density at radius 2 is 1.81 bits per heavy atom. The quantitative estimate of drug-likeness (QED) is 0.453. The predicted molar refractivity (Wildman–Crippen MR) is 102 cm³/mol. The van der Waals surface area contributed by atoms with E-state index in [-0.39, 0.29) is 5.82 Å². The average Bonchev–Trinajstić information content (AvgIpc) is 3.27. The minimum absolute atomic E-state index is 0.318. The van der Waals surface area contributed by atoms with Crippen molar-refractivity contribution in [2.24, 2.45) is 0 Å². The summed E-state index contributed by atoms with van der Waals surface area (Å²) in [6.45, 7) is 2.43. The smallest absolute Gasteiger partial charge is 0.192 e. The maximum atomic E-state index is 14.3. The zero-order chi connectivity index (χ0) is 18.6. The molecule has 0 saturated heterocycles. The molecule has 0 radical (unpaired) electrons. The molecule has 0 saturated carbocycles. The Kier molecular flexibility index (Phi) is 5.02. The molecule has 0 spiro atoms. The van der Waals surface area contributed by atoms with Gasteiger partial charge >= 0.3 is 0 Å². The minimum atomic E-state index is -0.318. The summed E-state index contributed by atoms with van der Waals surface area (Å²) >= 11 is 1.49. The molecule has 0 aliphatic rings. The van der Waals surface area contributed by atoms with Crippen molar-refractivity contribution in [3.63, 3.8) is 0 Å². The highest BCUT2D eigenvalue weighted by Gasteiger charge is 2.18. The molecule has 27 heavy (non-hydrogen) atoms. The number of thioether (sulfide) groups is 1. The van der Waals surface area contributed by atoms with Crippen molar-refractivity contribution in [1.82, 2.24) is 19.9 Å². The average molecular weight is 380 g/mol. The van der Waals surface area contributed by atoms with E-state index in [1.807, 2.05) is 47.9 Å². The summed E-state index contributed by atoms with van der Waals surface area (Å²) in [7, 11) is 0. The molecule has 0 amide bonds. The second kappa shape index (κ2) is 7.75. The Bertz CT molecular complexity index is 1050. The topological polar surface area (TPSA) is 56.7 Å². The van der Waals surface area contributed by atoms with Crippen molar-refractivity contribution in [3.8, 4) is 11.4 Å². The number of benzene rings is 2. The molecule has 2 aromatic heterocycles. The molecular formula is C20H17FN4OS. The molecule has 0 N–H and O–H groups in total. The summed E-state index contributed by atoms with van der Waals surface area (Å²) in [5, 5.41) is 13.2. The third-order valence-corrected chi connectivity index (χ3v) is 5.02. The number of rotatable bonds is 6. The minimum Gasteiger partial charge on any atom is -0.360 e. The van der Waals surface area contributed by atoms with Crippen LogP contribution in [0.1, 0.15) is 17.0 Å². The molecule has 4 aromatic rings. The second-order valence-electron chi connectivity index (χ2n) is 6.08. The molecule has 0 aliphatic carbocycles. The highest BCUT2D eigenvalue weighted by Crippen LogP contribution is 2.28. The molecule has 5 nitrogen and oxygen atoms in total. The zero-order valence-electron chi connectivity index (χ0n) is 14.7. The third kappa shape index (κ3) is 3.93. The fraction of sp³-hybridized carbons (Fsp3) is 0.150. The lowest BCUT2D eigenvalue weighted by Crippen LogP contribution is -2.05. The highest BCUT2D eigenvalue weighted by molar-refractivity contribution is 7.98. The van der Waals surface area contributed by atoms with Gasteiger partial charge in [0, 0.05) is 6.07 Å². The van der Waals surface area contributed by atoms with E-state index in [4.69, 9.17) is 4.52 Å². The van der Waals surface area contributed by atoms with Gasteiger partial charge in [0.1, 0.15) is 11.6 Å². The summed E-state index contributed by atoms with van der Waals surface area (Å²) in [5.74, 6) is 1.53. The monoisotopic (exact) mass is 380 g/mol. The fourth-order valence-corrected chi connectivity index (χ4v) is 3.58. The number of nitrogens with zero attached hydrogens (tertiary/aromatic N) is 4. The van der Waals surface area contributed by atoms with Gasteiger partial charge in [0.05, 0.1) is 23.6 Å². The molecular weight excluding hydrogens is 363 g/mol. The van der Waals surface area contributed by atoms with Crippen LogP contribution in [0.25, 0.3) is 11.4 Å². The molecule has 0 unspecified atom stereocenters. The summed E-state index contributed by atoms with van der Waals surface area (Å²) in [4.78, 5) is 0. The van der Waals surface area contributed by atoms with E-state index in [0.717, 1.165) is 17.0 Å². The van der Waals surface area contributed by atoms with Gasteiger partial charge in [0.15, 0.2) is 11.0 Å². The van der Waals surface area contributed by atoms with Crippen LogP contribution >= 0.6 is 11.8 Å². The molecule has 0 bridgehead atoms. The van der Waals surface area contributed by atoms with Gasteiger partial charge in [-0.2, -0.15) is 0 Å². The van der Waals surface area contributed by atoms with Gasteiger partial charge in [-0.15, -0.1) is 10.2 Å². The van der Waals surface area contributed by atoms with Crippen molar-refractivity contribution in [3.05, 3.63) is 83.5 Å². The largest absolute Gasteiger partial charge is 0.360 e. The van der Waals surface area contributed by atoms with Crippen LogP contribution in [0.4, 0.5) is 4.39 Å². The lowest BCUT2D eigenvalue weighted by Gasteiger charge is -2.10. The SMILES string of the molecule is Cc1cc(CSc2nnc(-c3ccccc3F)n2Cc2ccccc2)on1. The van der Waals surface area contributed by atoms with Gasteiger partial charge in [-0.25, -0.2) is 4.39 Å². The Balaban J connectivity index is 1.69. The maximum absolute atomic E-state index is 14.3. The van der Waals surface area contributed by atoms with Gasteiger partial charge in [-0.05, 0) is 24.6 Å². The Morgan fingerprint density at radius 1 is 1.04 bits per heavy atom. The van der Waals surface area contributed by atoms with Crippen molar-refractivity contribution in [1.29, 1.82) is 0 Å². The van der Waals surface area contributed by atoms with E-state index in [2.05, 4.69) is 15.4 Å². The van der Waals surface area contributed by atoms with E-state index in [9.17, 15) is 4.39 Å². The standard InChI is InChI=1S/C20H17FN4OS/c1-14-11-16(26-24-14)13-27-20-23-22-19(17-9-5-6-10-18(17)21)25(20)12-15-7-3-2-4-8-15/h2-11H,12-13H2,1H3. The number of hydrogen-bond acceptors (Lipinski definition) is 5. The van der Waals surface area contributed by atoms with Crippen LogP contribution in [0.3, 0.4) is 0 Å². The first-order valence-corrected chi connectivity index (χ1v) is 9.46. The maximum Gasteiger partial charge on any atom is 0.192 e. The fourth-order valence-electron chi connectivity index (χ4n) is 2.77. The van der Waals surface area contributed by atoms with Gasteiger partial charge in [-0.1, -0.05) is 59.4 Å². The molecule has 4 rings (SSSR count). The molecule has 136 valence electrons. The number of aromatic nitrogens is 4. The lowest BCUT2D eigenvalue weighted by atomic mass is 10.2. The lowest BCUT2D eigenvalue weighted by molar-refractivity contribution is 0.391. The Hall–Kier alpha value is -2.93. The first-order valence-electron chi connectivity index (χ1n) is 8.48. The number of halogens is 1. The van der Waals surface area contributed by atoms with E-state index >= 15 is 0 Å². The van der Waals surface area contributed by atoms with E-state index < -0.39 is 0 Å². The molecule has 0 atom stereocenters. The highest BCUT2D eigenvalue weighted by atomic mass is 32.2. The van der Waals surface area contributed by atoms with Gasteiger partial charge in [0.25, 0.3) is 0 Å². The summed E-state index contributed by atoms with van der Waals surface area (Å²) in [6.07, 6.45) is 0. The Morgan fingerprint density at radius 3 is 2.56 bits per heavy atom. The van der Waals surface area contributed by atoms with Crippen LogP contribution in [0.15, 0.2) is 70.3 Å². The van der Waals surface area contributed by atoms with E-state index in [1.165, 1.54) is 17.8 Å². The zero-order valence-corrected chi connectivity index (χ0v) is 15.5. The second-order valence-corrected chi connectivity index (χ2v) is 7.02. The van der Waals surface area contributed by atoms with Crippen LogP contribution in [-0.2, 0) is 12.3 Å². The van der Waals surface area contributed by atoms with Crippen LogP contribution in [-0.4, -0.2) is 19.9 Å². The number of aryl methyl sites for hydroxylation is 1. The predicted octanol–water partition coefficient (Wildman–Crippen LogP) is 4.72. The Labute approximate surface area is 160 Å². The van der Waals surface area contributed by atoms with E-state index in [1.54, 1.807) is 18.2 Å². The van der Waals surface area contributed by atoms with E-state index in [0.29, 0.717) is 28.8 Å². The van der Waals surface area contributed by atoms with Crippen LogP contribution in [0.5, 0.6) is 0 Å².